The molecule has 0 bridgehead atoms. The van der Waals surface area contributed by atoms with Gasteiger partial charge in [0.25, 0.3) is 0 Å². The molecule has 2 aliphatic rings. The second kappa shape index (κ2) is 6.75. The van der Waals surface area contributed by atoms with E-state index in [1.54, 1.807) is 0 Å². The Hall–Kier alpha value is -2.36. The first-order valence-corrected chi connectivity index (χ1v) is 9.63. The van der Waals surface area contributed by atoms with Gasteiger partial charge in [-0.15, -0.1) is 0 Å². The van der Waals surface area contributed by atoms with Crippen LogP contribution in [0.25, 0.3) is 11.1 Å². The van der Waals surface area contributed by atoms with Gasteiger partial charge in [0.15, 0.2) is 0 Å². The molecule has 0 saturated heterocycles. The number of carbonyl (C=O) groups is 1. The molecule has 1 aliphatic heterocycles. The Kier molecular flexibility index (Phi) is 4.43. The number of pyridine rings is 1. The Morgan fingerprint density at radius 3 is 2.54 bits per heavy atom. The van der Waals surface area contributed by atoms with Crippen LogP contribution in [0, 0.1) is 5.92 Å². The molecule has 1 N–H and O–H groups in total. The van der Waals surface area contributed by atoms with E-state index in [4.69, 9.17) is 4.98 Å². The topological polar surface area (TPSA) is 53.4 Å². The van der Waals surface area contributed by atoms with Crippen LogP contribution < -0.4 is 4.90 Å². The van der Waals surface area contributed by atoms with Crippen molar-refractivity contribution in [3.05, 3.63) is 47.2 Å². The number of hydrogen-bond donors (Lipinski definition) is 1. The highest BCUT2D eigenvalue weighted by molar-refractivity contribution is 5.99. The van der Waals surface area contributed by atoms with Crippen molar-refractivity contribution in [2.45, 2.75) is 44.9 Å². The van der Waals surface area contributed by atoms with Gasteiger partial charge in [-0.05, 0) is 30.7 Å². The van der Waals surface area contributed by atoms with Gasteiger partial charge >= 0.3 is 5.97 Å². The monoisotopic (exact) mass is 350 g/mol. The summed E-state index contributed by atoms with van der Waals surface area (Å²) in [6.45, 7) is 3.18. The molecule has 2 aromatic rings. The van der Waals surface area contributed by atoms with Crippen molar-refractivity contribution < 1.29 is 9.90 Å². The molecule has 1 saturated carbocycles. The number of carboxylic acid groups (broad SMARTS) is 1. The third kappa shape index (κ3) is 2.87. The van der Waals surface area contributed by atoms with Gasteiger partial charge in [-0.2, -0.15) is 0 Å². The molecule has 2 heterocycles. The average molecular weight is 350 g/mol. The Morgan fingerprint density at radius 1 is 1.19 bits per heavy atom. The summed E-state index contributed by atoms with van der Waals surface area (Å²) in [6.07, 6.45) is 5.29. The molecule has 1 aliphatic carbocycles. The standard InChI is InChI=1S/C22H26N2O2/c1-14-12-17-18(15-8-4-3-5-9-15)19(22(25)26)20(16-10-6-7-11-16)23-21(17)24(2)13-14/h3-5,8-9,14,16H,6-7,10-13H2,1-2H3,(H,25,26). The molecule has 1 fully saturated rings. The third-order valence-electron chi connectivity index (χ3n) is 5.82. The Bertz CT molecular complexity index is 826. The first-order chi connectivity index (χ1) is 12.6. The fraction of sp³-hybridized carbons (Fsp3) is 0.455. The lowest BCUT2D eigenvalue weighted by Crippen LogP contribution is -2.33. The highest BCUT2D eigenvalue weighted by atomic mass is 16.4. The van der Waals surface area contributed by atoms with Crippen LogP contribution in [0.4, 0.5) is 5.82 Å². The fourth-order valence-corrected chi connectivity index (χ4v) is 4.74. The number of aromatic carboxylic acids is 1. The van der Waals surface area contributed by atoms with E-state index in [1.165, 1.54) is 0 Å². The number of aromatic nitrogens is 1. The number of hydrogen-bond acceptors (Lipinski definition) is 3. The van der Waals surface area contributed by atoms with Crippen molar-refractivity contribution in [3.8, 4) is 11.1 Å². The molecule has 0 amide bonds. The number of fused-ring (bicyclic) bond motifs is 1. The van der Waals surface area contributed by atoms with Crippen LogP contribution in [-0.4, -0.2) is 29.7 Å². The minimum absolute atomic E-state index is 0.265. The zero-order chi connectivity index (χ0) is 18.3. The summed E-state index contributed by atoms with van der Waals surface area (Å²) in [5.41, 5.74) is 4.21. The average Bonchev–Trinajstić information content (AvgIpc) is 3.15. The summed E-state index contributed by atoms with van der Waals surface area (Å²) in [5, 5.41) is 10.1. The van der Waals surface area contributed by atoms with Crippen LogP contribution in [0.1, 0.15) is 60.1 Å². The second-order valence-electron chi connectivity index (χ2n) is 7.89. The smallest absolute Gasteiger partial charge is 0.338 e. The molecule has 0 radical (unpaired) electrons. The van der Waals surface area contributed by atoms with Crippen LogP contribution in [0.2, 0.25) is 0 Å². The van der Waals surface area contributed by atoms with Gasteiger partial charge in [-0.25, -0.2) is 9.78 Å². The van der Waals surface area contributed by atoms with Crippen LogP contribution in [0.15, 0.2) is 30.3 Å². The predicted octanol–water partition coefficient (Wildman–Crippen LogP) is 4.73. The van der Waals surface area contributed by atoms with Gasteiger partial charge in [0.05, 0.1) is 11.3 Å². The largest absolute Gasteiger partial charge is 0.478 e. The molecular weight excluding hydrogens is 324 g/mol. The Morgan fingerprint density at radius 2 is 1.88 bits per heavy atom. The van der Waals surface area contributed by atoms with Crippen LogP contribution >= 0.6 is 0 Å². The van der Waals surface area contributed by atoms with Crippen molar-refractivity contribution in [2.75, 3.05) is 18.5 Å². The van der Waals surface area contributed by atoms with E-state index in [9.17, 15) is 9.90 Å². The highest BCUT2D eigenvalue weighted by Gasteiger charge is 2.33. The van der Waals surface area contributed by atoms with Crippen molar-refractivity contribution >= 4 is 11.8 Å². The summed E-state index contributed by atoms with van der Waals surface area (Å²) in [4.78, 5) is 19.5. The molecule has 136 valence electrons. The van der Waals surface area contributed by atoms with Crippen LogP contribution in [0.3, 0.4) is 0 Å². The lowest BCUT2D eigenvalue weighted by molar-refractivity contribution is 0.0695. The molecule has 0 spiro atoms. The second-order valence-corrected chi connectivity index (χ2v) is 7.89. The summed E-state index contributed by atoms with van der Waals surface area (Å²) in [5.74, 6) is 0.883. The first-order valence-electron chi connectivity index (χ1n) is 9.63. The maximum Gasteiger partial charge on any atom is 0.338 e. The minimum atomic E-state index is -0.845. The van der Waals surface area contributed by atoms with E-state index in [2.05, 4.69) is 18.9 Å². The third-order valence-corrected chi connectivity index (χ3v) is 5.82. The normalized spacial score (nSPS) is 20.2. The van der Waals surface area contributed by atoms with Gasteiger partial charge in [0.2, 0.25) is 0 Å². The quantitative estimate of drug-likeness (QED) is 0.869. The number of carboxylic acids is 1. The number of benzene rings is 1. The van der Waals surface area contributed by atoms with E-state index < -0.39 is 5.97 Å². The van der Waals surface area contributed by atoms with Gasteiger partial charge in [-0.3, -0.25) is 0 Å². The zero-order valence-corrected chi connectivity index (χ0v) is 15.5. The predicted molar refractivity (Wildman–Crippen MR) is 104 cm³/mol. The van der Waals surface area contributed by atoms with E-state index in [0.717, 1.165) is 66.9 Å². The van der Waals surface area contributed by atoms with E-state index in [0.29, 0.717) is 11.5 Å². The van der Waals surface area contributed by atoms with Crippen LogP contribution in [0.5, 0.6) is 0 Å². The number of anilines is 1. The van der Waals surface area contributed by atoms with Crippen molar-refractivity contribution in [1.82, 2.24) is 4.98 Å². The van der Waals surface area contributed by atoms with Gasteiger partial charge in [0, 0.05) is 30.6 Å². The Balaban J connectivity index is 2.03. The molecule has 4 heteroatoms. The summed E-state index contributed by atoms with van der Waals surface area (Å²) >= 11 is 0. The van der Waals surface area contributed by atoms with Crippen molar-refractivity contribution in [1.29, 1.82) is 0 Å². The molecule has 1 atom stereocenters. The number of rotatable bonds is 3. The van der Waals surface area contributed by atoms with Crippen molar-refractivity contribution in [3.63, 3.8) is 0 Å². The molecule has 4 rings (SSSR count). The maximum atomic E-state index is 12.4. The maximum absolute atomic E-state index is 12.4. The molecule has 26 heavy (non-hydrogen) atoms. The van der Waals surface area contributed by atoms with Crippen molar-refractivity contribution in [2.24, 2.45) is 5.92 Å². The van der Waals surface area contributed by atoms with Gasteiger partial charge < -0.3 is 10.0 Å². The first kappa shape index (κ1) is 17.1. The molecule has 1 aromatic carbocycles. The molecule has 4 nitrogen and oxygen atoms in total. The summed E-state index contributed by atoms with van der Waals surface area (Å²) in [6, 6.07) is 10.0. The zero-order valence-electron chi connectivity index (χ0n) is 15.5. The van der Waals surface area contributed by atoms with Gasteiger partial charge in [-0.1, -0.05) is 50.1 Å². The minimum Gasteiger partial charge on any atom is -0.478 e. The molecule has 1 aromatic heterocycles. The molecule has 1 unspecified atom stereocenters. The molecular formula is C22H26N2O2. The van der Waals surface area contributed by atoms with Crippen LogP contribution in [-0.2, 0) is 6.42 Å². The lowest BCUT2D eigenvalue weighted by Gasteiger charge is -2.34. The van der Waals surface area contributed by atoms with E-state index >= 15 is 0 Å². The fourth-order valence-electron chi connectivity index (χ4n) is 4.74. The lowest BCUT2D eigenvalue weighted by atomic mass is 9.84. The van der Waals surface area contributed by atoms with Gasteiger partial charge in [0.1, 0.15) is 5.82 Å². The van der Waals surface area contributed by atoms with E-state index in [-0.39, 0.29) is 5.92 Å². The van der Waals surface area contributed by atoms with E-state index in [1.807, 2.05) is 30.3 Å². The summed E-state index contributed by atoms with van der Waals surface area (Å²) in [7, 11) is 2.08. The summed E-state index contributed by atoms with van der Waals surface area (Å²) < 4.78 is 0. The number of nitrogens with zero attached hydrogens (tertiary/aromatic N) is 2. The highest BCUT2D eigenvalue weighted by Crippen LogP contribution is 2.43. The SMILES string of the molecule is CC1Cc2c(nc(C3CCCC3)c(C(=O)O)c2-c2ccccc2)N(C)C1. The Labute approximate surface area is 154 Å².